The highest BCUT2D eigenvalue weighted by Crippen LogP contribution is 2.43. The van der Waals surface area contributed by atoms with Crippen molar-refractivity contribution >= 4 is 11.6 Å². The fraction of sp³-hybridized carbons (Fsp3) is 0.774. The van der Waals surface area contributed by atoms with Gasteiger partial charge in [-0.05, 0) is 68.9 Å². The summed E-state index contributed by atoms with van der Waals surface area (Å²) >= 11 is 0. The molecule has 5 nitrogen and oxygen atoms in total. The Balaban J connectivity index is 1.42. The topological polar surface area (TPSA) is 61.6 Å². The van der Waals surface area contributed by atoms with E-state index in [2.05, 4.69) is 66.2 Å². The number of nitrogens with one attached hydrogen (secondary N) is 1. The highest BCUT2D eigenvalue weighted by Gasteiger charge is 2.56. The lowest BCUT2D eigenvalue weighted by atomic mass is 9.77. The van der Waals surface area contributed by atoms with E-state index in [1.54, 1.807) is 0 Å². The molecule has 0 radical (unpaired) electrons. The Morgan fingerprint density at radius 3 is 2.31 bits per heavy atom. The van der Waals surface area contributed by atoms with Gasteiger partial charge in [-0.1, -0.05) is 77.5 Å². The van der Waals surface area contributed by atoms with Gasteiger partial charge in [0.1, 0.15) is 11.7 Å². The summed E-state index contributed by atoms with van der Waals surface area (Å²) in [4.78, 5) is 18.6. The van der Waals surface area contributed by atoms with Gasteiger partial charge in [0.15, 0.2) is 0 Å². The first-order valence-electron chi connectivity index (χ1n) is 15.1. The maximum absolute atomic E-state index is 13.7. The van der Waals surface area contributed by atoms with Crippen LogP contribution in [0.5, 0.6) is 0 Å². The van der Waals surface area contributed by atoms with Gasteiger partial charge in [0, 0.05) is 24.7 Å². The van der Waals surface area contributed by atoms with Crippen LogP contribution in [0, 0.1) is 11.8 Å². The lowest BCUT2D eigenvalue weighted by Gasteiger charge is -2.50. The Kier molecular flexibility index (Phi) is 9.74. The minimum atomic E-state index is -0.530. The Hall–Kier alpha value is -1.59. The second kappa shape index (κ2) is 12.8. The zero-order valence-electron chi connectivity index (χ0n) is 23.3. The number of hydrogen-bond donors (Lipinski definition) is 2. The highest BCUT2D eigenvalue weighted by atomic mass is 16.2. The summed E-state index contributed by atoms with van der Waals surface area (Å²) in [6, 6.07) is 11.2. The normalized spacial score (nSPS) is 31.4. The number of amides is 1. The molecule has 2 saturated heterocycles. The molecule has 5 heteroatoms. The third-order valence-corrected chi connectivity index (χ3v) is 9.52. The minimum absolute atomic E-state index is 0.0615. The van der Waals surface area contributed by atoms with Gasteiger partial charge in [-0.25, -0.2) is 0 Å². The van der Waals surface area contributed by atoms with E-state index >= 15 is 0 Å². The number of anilines is 1. The number of unbranched alkanes of at least 4 members (excludes halogenated alkanes) is 6. The van der Waals surface area contributed by atoms with E-state index < -0.39 is 5.54 Å². The van der Waals surface area contributed by atoms with E-state index in [0.717, 1.165) is 43.3 Å². The van der Waals surface area contributed by atoms with Gasteiger partial charge < -0.3 is 16.0 Å². The summed E-state index contributed by atoms with van der Waals surface area (Å²) in [6.45, 7) is 7.91. The monoisotopic (exact) mass is 496 g/mol. The second-order valence-corrected chi connectivity index (χ2v) is 12.2. The number of carbonyl (C=O) groups excluding carboxylic acids is 1. The van der Waals surface area contributed by atoms with Crippen molar-refractivity contribution in [2.75, 3.05) is 11.4 Å². The molecule has 1 aromatic rings. The molecule has 0 aromatic heterocycles. The molecule has 3 fully saturated rings. The molecule has 2 aliphatic heterocycles. The standard InChI is InChI=1S/C31H52N4O/c1-4-5-6-7-8-9-13-16-29-33-30(36)31(35(29)27-14-11-10-12-15-27)21-22-34(28(32)23-31)26-19-17-25(18-20-26)24(2)3/h10-12,14-15,24-26,28-29H,4-9,13,16-23,32H2,1-3H3,(H,33,36). The maximum Gasteiger partial charge on any atom is 0.247 e. The maximum atomic E-state index is 13.7. The van der Waals surface area contributed by atoms with Gasteiger partial charge in [-0.3, -0.25) is 9.69 Å². The summed E-state index contributed by atoms with van der Waals surface area (Å²) < 4.78 is 0. The van der Waals surface area contributed by atoms with Crippen molar-refractivity contribution in [3.05, 3.63) is 30.3 Å². The van der Waals surface area contributed by atoms with Gasteiger partial charge in [0.25, 0.3) is 0 Å². The minimum Gasteiger partial charge on any atom is -0.336 e. The first-order chi connectivity index (χ1) is 17.5. The number of piperidine rings is 1. The van der Waals surface area contributed by atoms with Crippen molar-refractivity contribution < 1.29 is 4.79 Å². The molecule has 3 atom stereocenters. The molecular weight excluding hydrogens is 444 g/mol. The lowest BCUT2D eigenvalue weighted by Crippen LogP contribution is -2.64. The molecule has 202 valence electrons. The highest BCUT2D eigenvalue weighted by molar-refractivity contribution is 5.94. The number of hydrogen-bond acceptors (Lipinski definition) is 4. The number of benzene rings is 1. The quantitative estimate of drug-likeness (QED) is 0.347. The fourth-order valence-electron chi connectivity index (χ4n) is 7.29. The predicted molar refractivity (Wildman–Crippen MR) is 151 cm³/mol. The molecule has 36 heavy (non-hydrogen) atoms. The van der Waals surface area contributed by atoms with Crippen LogP contribution >= 0.6 is 0 Å². The van der Waals surface area contributed by atoms with Crippen LogP contribution in [-0.4, -0.2) is 41.3 Å². The van der Waals surface area contributed by atoms with Crippen molar-refractivity contribution in [2.45, 2.75) is 135 Å². The number of nitrogens with zero attached hydrogens (tertiary/aromatic N) is 2. The van der Waals surface area contributed by atoms with Crippen LogP contribution < -0.4 is 16.0 Å². The van der Waals surface area contributed by atoms with Crippen LogP contribution in [0.15, 0.2) is 30.3 Å². The van der Waals surface area contributed by atoms with Crippen molar-refractivity contribution in [1.29, 1.82) is 0 Å². The summed E-state index contributed by atoms with van der Waals surface area (Å²) in [7, 11) is 0. The Bertz CT molecular complexity index is 806. The van der Waals surface area contributed by atoms with E-state index in [1.807, 2.05) is 0 Å². The Morgan fingerprint density at radius 1 is 1.00 bits per heavy atom. The van der Waals surface area contributed by atoms with Crippen LogP contribution in [0.2, 0.25) is 0 Å². The van der Waals surface area contributed by atoms with E-state index in [1.165, 1.54) is 64.2 Å². The van der Waals surface area contributed by atoms with Gasteiger partial charge in [-0.2, -0.15) is 0 Å². The first-order valence-corrected chi connectivity index (χ1v) is 15.1. The van der Waals surface area contributed by atoms with Gasteiger partial charge in [-0.15, -0.1) is 0 Å². The van der Waals surface area contributed by atoms with Crippen LogP contribution in [0.25, 0.3) is 0 Å². The zero-order chi connectivity index (χ0) is 25.5. The molecule has 3 N–H and O–H groups in total. The molecule has 1 saturated carbocycles. The van der Waals surface area contributed by atoms with Crippen molar-refractivity contribution in [3.8, 4) is 0 Å². The molecule has 1 amide bonds. The van der Waals surface area contributed by atoms with Crippen LogP contribution in [-0.2, 0) is 4.79 Å². The summed E-state index contributed by atoms with van der Waals surface area (Å²) in [5, 5.41) is 3.42. The molecule has 3 unspecified atom stereocenters. The van der Waals surface area contributed by atoms with Crippen LogP contribution in [0.3, 0.4) is 0 Å². The molecular formula is C31H52N4O. The Labute approximate surface area is 220 Å². The van der Waals surface area contributed by atoms with Crippen molar-refractivity contribution in [3.63, 3.8) is 0 Å². The zero-order valence-corrected chi connectivity index (χ0v) is 23.3. The predicted octanol–water partition coefficient (Wildman–Crippen LogP) is 6.42. The molecule has 1 aromatic carbocycles. The summed E-state index contributed by atoms with van der Waals surface area (Å²) in [5.74, 6) is 1.83. The molecule has 0 bridgehead atoms. The van der Waals surface area contributed by atoms with E-state index in [9.17, 15) is 4.79 Å². The molecule has 3 aliphatic rings. The SMILES string of the molecule is CCCCCCCCCC1NC(=O)C2(CCN(C3CCC(C(C)C)CC3)C(N)C2)N1c1ccccc1. The summed E-state index contributed by atoms with van der Waals surface area (Å²) in [5.41, 5.74) is 7.53. The third-order valence-electron chi connectivity index (χ3n) is 9.52. The third kappa shape index (κ3) is 6.10. The number of likely N-dealkylation sites (tertiary alicyclic amines) is 1. The van der Waals surface area contributed by atoms with Gasteiger partial charge in [0.05, 0.1) is 6.17 Å². The lowest BCUT2D eigenvalue weighted by molar-refractivity contribution is -0.126. The first kappa shape index (κ1) is 27.4. The van der Waals surface area contributed by atoms with Crippen molar-refractivity contribution in [2.24, 2.45) is 17.6 Å². The summed E-state index contributed by atoms with van der Waals surface area (Å²) in [6.07, 6.45) is 16.7. The molecule has 4 rings (SSSR count). The van der Waals surface area contributed by atoms with Gasteiger partial charge >= 0.3 is 0 Å². The largest absolute Gasteiger partial charge is 0.336 e. The van der Waals surface area contributed by atoms with Crippen LogP contribution in [0.1, 0.15) is 111 Å². The number of rotatable bonds is 11. The molecule has 2 heterocycles. The molecule has 1 spiro atoms. The average Bonchev–Trinajstić information content (AvgIpc) is 3.14. The van der Waals surface area contributed by atoms with Crippen molar-refractivity contribution in [1.82, 2.24) is 10.2 Å². The van der Waals surface area contributed by atoms with E-state index in [4.69, 9.17) is 5.73 Å². The van der Waals surface area contributed by atoms with E-state index in [-0.39, 0.29) is 18.2 Å². The molecule has 1 aliphatic carbocycles. The Morgan fingerprint density at radius 2 is 1.67 bits per heavy atom. The second-order valence-electron chi connectivity index (χ2n) is 12.2. The number of para-hydroxylation sites is 1. The number of carbonyl (C=O) groups is 1. The smallest absolute Gasteiger partial charge is 0.247 e. The van der Waals surface area contributed by atoms with E-state index in [0.29, 0.717) is 12.5 Å². The number of nitrogens with two attached hydrogens (primary N) is 1. The average molecular weight is 497 g/mol. The fourth-order valence-corrected chi connectivity index (χ4v) is 7.29. The van der Waals surface area contributed by atoms with Gasteiger partial charge in [0.2, 0.25) is 5.91 Å². The van der Waals surface area contributed by atoms with Crippen LogP contribution in [0.4, 0.5) is 5.69 Å².